The number of nitrogens with two attached hydrogens (primary N) is 1. The van der Waals surface area contributed by atoms with Gasteiger partial charge in [0.1, 0.15) is 0 Å². The summed E-state index contributed by atoms with van der Waals surface area (Å²) in [5.41, 5.74) is 6.13. The maximum absolute atomic E-state index is 12.8. The molecule has 0 saturated heterocycles. The zero-order chi connectivity index (χ0) is 17.7. The van der Waals surface area contributed by atoms with Gasteiger partial charge in [-0.05, 0) is 29.8 Å². The van der Waals surface area contributed by atoms with E-state index in [0.717, 1.165) is 0 Å². The average Bonchev–Trinajstić information content (AvgIpc) is 2.51. The Morgan fingerprint density at radius 1 is 1.04 bits per heavy atom. The smallest absolute Gasteiger partial charge is 0.239 e. The first kappa shape index (κ1) is 18.6. The minimum atomic E-state index is -3.73. The van der Waals surface area contributed by atoms with Crippen LogP contribution in [0.1, 0.15) is 12.0 Å². The van der Waals surface area contributed by atoms with Gasteiger partial charge in [0.25, 0.3) is 0 Å². The van der Waals surface area contributed by atoms with Gasteiger partial charge in [-0.1, -0.05) is 47.5 Å². The fraction of sp³-hybridized carbons (Fsp3) is 0.188. The molecule has 0 spiro atoms. The molecule has 0 aromatic heterocycles. The van der Waals surface area contributed by atoms with Crippen molar-refractivity contribution in [1.82, 2.24) is 0 Å². The second-order valence-corrected chi connectivity index (χ2v) is 7.84. The van der Waals surface area contributed by atoms with Gasteiger partial charge >= 0.3 is 0 Å². The molecule has 128 valence electrons. The van der Waals surface area contributed by atoms with Crippen LogP contribution in [0.3, 0.4) is 0 Å². The second kappa shape index (κ2) is 7.88. The van der Waals surface area contributed by atoms with Gasteiger partial charge < -0.3 is 5.73 Å². The summed E-state index contributed by atoms with van der Waals surface area (Å²) in [6.45, 7) is -0.0248. The molecule has 0 bridgehead atoms. The van der Waals surface area contributed by atoms with Crippen molar-refractivity contribution >= 4 is 44.8 Å². The Bertz CT molecular complexity index is 826. The third-order valence-corrected chi connectivity index (χ3v) is 5.78. The molecule has 1 amide bonds. The molecule has 0 heterocycles. The summed E-state index contributed by atoms with van der Waals surface area (Å²) in [6.07, 6.45) is -0.0739. The van der Waals surface area contributed by atoms with Gasteiger partial charge in [-0.3, -0.25) is 9.10 Å². The fourth-order valence-corrected chi connectivity index (χ4v) is 4.04. The van der Waals surface area contributed by atoms with Gasteiger partial charge in [-0.15, -0.1) is 0 Å². The van der Waals surface area contributed by atoms with Crippen LogP contribution in [0.15, 0.2) is 48.5 Å². The maximum Gasteiger partial charge on any atom is 0.239 e. The van der Waals surface area contributed by atoms with Gasteiger partial charge in [0, 0.05) is 13.0 Å². The Labute approximate surface area is 151 Å². The Kier molecular flexibility index (Phi) is 6.10. The lowest BCUT2D eigenvalue weighted by Crippen LogP contribution is -2.35. The summed E-state index contributed by atoms with van der Waals surface area (Å²) in [5.74, 6) is -0.835. The van der Waals surface area contributed by atoms with Crippen molar-refractivity contribution in [3.05, 3.63) is 64.1 Å². The van der Waals surface area contributed by atoms with Crippen molar-refractivity contribution in [3.63, 3.8) is 0 Å². The molecule has 2 rings (SSSR count). The predicted molar refractivity (Wildman–Crippen MR) is 96.7 cm³/mol. The van der Waals surface area contributed by atoms with Gasteiger partial charge in [0.05, 0.1) is 21.5 Å². The molecule has 2 N–H and O–H groups in total. The number of sulfonamides is 1. The molecule has 5 nitrogen and oxygen atoms in total. The topological polar surface area (TPSA) is 80.5 Å². The third kappa shape index (κ3) is 4.87. The second-order valence-electron chi connectivity index (χ2n) is 5.13. The number of carbonyl (C=O) groups is 1. The van der Waals surface area contributed by atoms with E-state index in [2.05, 4.69) is 0 Å². The van der Waals surface area contributed by atoms with E-state index in [1.165, 1.54) is 10.4 Å². The number of nitrogens with zero attached hydrogens (tertiary/aromatic N) is 1. The quantitative estimate of drug-likeness (QED) is 0.792. The van der Waals surface area contributed by atoms with E-state index in [1.807, 2.05) is 0 Å². The Hall–Kier alpha value is -1.76. The van der Waals surface area contributed by atoms with E-state index in [0.29, 0.717) is 16.3 Å². The van der Waals surface area contributed by atoms with Gasteiger partial charge in [-0.25, -0.2) is 8.42 Å². The molecule has 0 atom stereocenters. The number of hydrogen-bond acceptors (Lipinski definition) is 3. The molecule has 0 radical (unpaired) electrons. The standard InChI is InChI=1S/C16H16Cl2N2O3S/c17-14-7-6-12(10-15(14)18)11-24(22,23)20(9-8-16(19)21)13-4-2-1-3-5-13/h1-7,10H,8-9,11H2,(H2,19,21). The highest BCUT2D eigenvalue weighted by Gasteiger charge is 2.23. The van der Waals surface area contributed by atoms with Crippen molar-refractivity contribution in [3.8, 4) is 0 Å². The van der Waals surface area contributed by atoms with Crippen LogP contribution < -0.4 is 10.0 Å². The lowest BCUT2D eigenvalue weighted by atomic mass is 10.2. The average molecular weight is 387 g/mol. The predicted octanol–water partition coefficient (Wildman–Crippen LogP) is 3.21. The number of primary amides is 1. The maximum atomic E-state index is 12.8. The molecule has 0 aliphatic carbocycles. The number of para-hydroxylation sites is 1. The van der Waals surface area contributed by atoms with E-state index in [4.69, 9.17) is 28.9 Å². The van der Waals surface area contributed by atoms with Crippen LogP contribution in [0, 0.1) is 0 Å². The first-order valence-corrected chi connectivity index (χ1v) is 9.44. The summed E-state index contributed by atoms with van der Waals surface area (Å²) in [7, 11) is -3.73. The molecule has 2 aromatic rings. The molecule has 0 aliphatic rings. The fourth-order valence-electron chi connectivity index (χ4n) is 2.15. The molecule has 0 saturated carbocycles. The first-order chi connectivity index (χ1) is 11.3. The minimum Gasteiger partial charge on any atom is -0.370 e. The summed E-state index contributed by atoms with van der Waals surface area (Å²) in [4.78, 5) is 11.1. The molecule has 0 unspecified atom stereocenters. The van der Waals surface area contributed by atoms with E-state index in [1.54, 1.807) is 42.5 Å². The highest BCUT2D eigenvalue weighted by molar-refractivity contribution is 7.92. The van der Waals surface area contributed by atoms with Crippen molar-refractivity contribution in [1.29, 1.82) is 0 Å². The number of anilines is 1. The largest absolute Gasteiger partial charge is 0.370 e. The summed E-state index contributed by atoms with van der Waals surface area (Å²) < 4.78 is 26.8. The molecule has 0 fully saturated rings. The summed E-state index contributed by atoms with van der Waals surface area (Å²) in [6, 6.07) is 13.2. The van der Waals surface area contributed by atoms with Crippen LogP contribution >= 0.6 is 23.2 Å². The van der Waals surface area contributed by atoms with E-state index < -0.39 is 15.9 Å². The molecule has 2 aromatic carbocycles. The van der Waals surface area contributed by atoms with Gasteiger partial charge in [0.2, 0.25) is 15.9 Å². The molecule has 24 heavy (non-hydrogen) atoms. The Morgan fingerprint density at radius 3 is 2.29 bits per heavy atom. The number of amides is 1. The zero-order valence-electron chi connectivity index (χ0n) is 12.7. The van der Waals surface area contributed by atoms with Crippen LogP contribution in [-0.4, -0.2) is 20.9 Å². The van der Waals surface area contributed by atoms with Crippen LogP contribution in [0.4, 0.5) is 5.69 Å². The number of carbonyl (C=O) groups excluding carboxylic acids is 1. The number of benzene rings is 2. The highest BCUT2D eigenvalue weighted by Crippen LogP contribution is 2.26. The van der Waals surface area contributed by atoms with Crippen LogP contribution in [-0.2, 0) is 20.6 Å². The molecular formula is C16H16Cl2N2O3S. The third-order valence-electron chi connectivity index (χ3n) is 3.27. The van der Waals surface area contributed by atoms with Crippen molar-refractivity contribution in [2.24, 2.45) is 5.73 Å². The number of halogens is 2. The zero-order valence-corrected chi connectivity index (χ0v) is 15.0. The van der Waals surface area contributed by atoms with Crippen molar-refractivity contribution in [2.75, 3.05) is 10.8 Å². The molecular weight excluding hydrogens is 371 g/mol. The van der Waals surface area contributed by atoms with E-state index in [9.17, 15) is 13.2 Å². The van der Waals surface area contributed by atoms with Crippen molar-refractivity contribution in [2.45, 2.75) is 12.2 Å². The minimum absolute atomic E-state index is 0.0248. The van der Waals surface area contributed by atoms with Gasteiger partial charge in [-0.2, -0.15) is 0 Å². The normalized spacial score (nSPS) is 11.2. The van der Waals surface area contributed by atoms with Gasteiger partial charge in [0.15, 0.2) is 0 Å². The number of rotatable bonds is 7. The van der Waals surface area contributed by atoms with Crippen LogP contribution in [0.2, 0.25) is 10.0 Å². The molecule has 8 heteroatoms. The number of hydrogen-bond donors (Lipinski definition) is 1. The van der Waals surface area contributed by atoms with Crippen LogP contribution in [0.25, 0.3) is 0 Å². The highest BCUT2D eigenvalue weighted by atomic mass is 35.5. The van der Waals surface area contributed by atoms with E-state index >= 15 is 0 Å². The lowest BCUT2D eigenvalue weighted by Gasteiger charge is -2.24. The monoisotopic (exact) mass is 386 g/mol. The summed E-state index contributed by atoms with van der Waals surface area (Å²) in [5, 5.41) is 0.638. The van der Waals surface area contributed by atoms with E-state index in [-0.39, 0.29) is 23.7 Å². The van der Waals surface area contributed by atoms with Crippen LogP contribution in [0.5, 0.6) is 0 Å². The lowest BCUT2D eigenvalue weighted by molar-refractivity contribution is -0.117. The Morgan fingerprint density at radius 2 is 1.71 bits per heavy atom. The summed E-state index contributed by atoms with van der Waals surface area (Å²) >= 11 is 11.8. The SMILES string of the molecule is NC(=O)CCN(c1ccccc1)S(=O)(=O)Cc1ccc(Cl)c(Cl)c1. The van der Waals surface area contributed by atoms with Crippen molar-refractivity contribution < 1.29 is 13.2 Å². The Balaban J connectivity index is 2.32. The molecule has 0 aliphatic heterocycles. The first-order valence-electron chi connectivity index (χ1n) is 7.07.